The van der Waals surface area contributed by atoms with E-state index in [1.54, 1.807) is 11.3 Å². The molecule has 0 saturated heterocycles. The normalized spacial score (nSPS) is 11.3. The second-order valence-corrected chi connectivity index (χ2v) is 6.43. The van der Waals surface area contributed by atoms with Crippen molar-refractivity contribution in [1.82, 2.24) is 4.98 Å². The molecule has 19 heavy (non-hydrogen) atoms. The summed E-state index contributed by atoms with van der Waals surface area (Å²) < 4.78 is 0. The fraction of sp³-hybridized carbons (Fsp3) is 0.438. The van der Waals surface area contributed by atoms with Gasteiger partial charge >= 0.3 is 0 Å². The zero-order valence-electron chi connectivity index (χ0n) is 12.2. The maximum atomic E-state index is 5.73. The van der Waals surface area contributed by atoms with Crippen LogP contribution >= 0.6 is 11.3 Å². The Kier molecular flexibility index (Phi) is 4.38. The molecule has 3 heteroatoms. The van der Waals surface area contributed by atoms with E-state index in [0.717, 1.165) is 12.1 Å². The highest BCUT2D eigenvalue weighted by molar-refractivity contribution is 7.12. The van der Waals surface area contributed by atoms with Crippen LogP contribution in [0.3, 0.4) is 0 Å². The highest BCUT2D eigenvalue weighted by Gasteiger charge is 2.14. The van der Waals surface area contributed by atoms with E-state index >= 15 is 0 Å². The molecule has 2 rings (SSSR count). The fourth-order valence-electron chi connectivity index (χ4n) is 2.03. The van der Waals surface area contributed by atoms with Gasteiger partial charge in [0, 0.05) is 16.4 Å². The van der Waals surface area contributed by atoms with Crippen molar-refractivity contribution in [3.05, 3.63) is 39.2 Å². The zero-order chi connectivity index (χ0) is 14.0. The van der Waals surface area contributed by atoms with Crippen molar-refractivity contribution in [2.75, 3.05) is 6.54 Å². The largest absolute Gasteiger partial charge is 0.330 e. The van der Waals surface area contributed by atoms with Crippen molar-refractivity contribution < 1.29 is 0 Å². The smallest absolute Gasteiger partial charge is 0.0960 e. The average Bonchev–Trinajstić information content (AvgIpc) is 2.77. The summed E-state index contributed by atoms with van der Waals surface area (Å²) in [6.45, 7) is 9.35. The van der Waals surface area contributed by atoms with Gasteiger partial charge < -0.3 is 5.73 Å². The van der Waals surface area contributed by atoms with Gasteiger partial charge in [0.15, 0.2) is 0 Å². The van der Waals surface area contributed by atoms with Crippen LogP contribution in [0.25, 0.3) is 11.3 Å². The molecule has 0 aliphatic rings. The minimum Gasteiger partial charge on any atom is -0.330 e. The average molecular weight is 274 g/mol. The summed E-state index contributed by atoms with van der Waals surface area (Å²) in [6, 6.07) is 6.57. The van der Waals surface area contributed by atoms with Crippen LogP contribution in [0.5, 0.6) is 0 Å². The number of benzene rings is 1. The number of hydrogen-bond donors (Lipinski definition) is 1. The predicted molar refractivity (Wildman–Crippen MR) is 83.9 cm³/mol. The molecule has 0 fully saturated rings. The molecule has 102 valence electrons. The SMILES string of the molecule is Cc1ccc(-c2nc(C(C)C)sc2CCN)cc1C. The molecule has 1 aromatic heterocycles. The van der Waals surface area contributed by atoms with E-state index in [0.29, 0.717) is 12.5 Å². The molecule has 0 radical (unpaired) electrons. The minimum atomic E-state index is 0.474. The van der Waals surface area contributed by atoms with Gasteiger partial charge in [-0.1, -0.05) is 26.0 Å². The molecule has 0 bridgehead atoms. The lowest BCUT2D eigenvalue weighted by Gasteiger charge is -2.05. The lowest BCUT2D eigenvalue weighted by molar-refractivity contribution is 0.853. The number of nitrogens with two attached hydrogens (primary N) is 1. The molecule has 1 aromatic carbocycles. The van der Waals surface area contributed by atoms with Gasteiger partial charge in [-0.15, -0.1) is 11.3 Å². The van der Waals surface area contributed by atoms with E-state index in [2.05, 4.69) is 45.9 Å². The summed E-state index contributed by atoms with van der Waals surface area (Å²) in [5, 5.41) is 1.21. The van der Waals surface area contributed by atoms with E-state index in [1.165, 1.54) is 26.6 Å². The standard InChI is InChI=1S/C16H22N2S/c1-10(2)16-18-15(14(19-16)7-8-17)13-6-5-11(3)12(4)9-13/h5-6,9-10H,7-8,17H2,1-4H3. The highest BCUT2D eigenvalue weighted by atomic mass is 32.1. The molecular weight excluding hydrogens is 252 g/mol. The number of hydrogen-bond acceptors (Lipinski definition) is 3. The number of thiazole rings is 1. The first-order valence-corrected chi connectivity index (χ1v) is 7.62. The Hall–Kier alpha value is -1.19. The number of nitrogens with zero attached hydrogens (tertiary/aromatic N) is 1. The van der Waals surface area contributed by atoms with Crippen LogP contribution in [0.1, 0.15) is 40.8 Å². The quantitative estimate of drug-likeness (QED) is 0.913. The molecule has 0 spiro atoms. The third kappa shape index (κ3) is 3.04. The number of aryl methyl sites for hydroxylation is 2. The molecule has 1 heterocycles. The second kappa shape index (κ2) is 5.85. The van der Waals surface area contributed by atoms with Crippen molar-refractivity contribution in [2.45, 2.75) is 40.0 Å². The maximum absolute atomic E-state index is 5.73. The van der Waals surface area contributed by atoms with Crippen molar-refractivity contribution in [3.8, 4) is 11.3 Å². The molecule has 2 nitrogen and oxygen atoms in total. The summed E-state index contributed by atoms with van der Waals surface area (Å²) in [5.41, 5.74) is 10.7. The molecule has 0 amide bonds. The maximum Gasteiger partial charge on any atom is 0.0960 e. The second-order valence-electron chi connectivity index (χ2n) is 5.32. The molecule has 0 aliphatic heterocycles. The van der Waals surface area contributed by atoms with Crippen LogP contribution in [0.2, 0.25) is 0 Å². The van der Waals surface area contributed by atoms with Crippen LogP contribution < -0.4 is 5.73 Å². The summed E-state index contributed by atoms with van der Waals surface area (Å²) in [6.07, 6.45) is 0.909. The van der Waals surface area contributed by atoms with Gasteiger partial charge in [-0.25, -0.2) is 4.98 Å². The Morgan fingerprint density at radius 3 is 2.53 bits per heavy atom. The fourth-order valence-corrected chi connectivity index (χ4v) is 3.14. The third-order valence-electron chi connectivity index (χ3n) is 3.36. The Balaban J connectivity index is 2.49. The van der Waals surface area contributed by atoms with Gasteiger partial charge in [0.05, 0.1) is 10.7 Å². The lowest BCUT2D eigenvalue weighted by atomic mass is 10.0. The van der Waals surface area contributed by atoms with Gasteiger partial charge in [0.2, 0.25) is 0 Å². The van der Waals surface area contributed by atoms with Crippen molar-refractivity contribution in [3.63, 3.8) is 0 Å². The molecule has 0 unspecified atom stereocenters. The molecule has 0 atom stereocenters. The number of aromatic nitrogens is 1. The first-order chi connectivity index (χ1) is 9.02. The van der Waals surface area contributed by atoms with Crippen LogP contribution in [0.15, 0.2) is 18.2 Å². The summed E-state index contributed by atoms with van der Waals surface area (Å²) in [4.78, 5) is 6.15. The van der Waals surface area contributed by atoms with E-state index in [1.807, 2.05) is 0 Å². The van der Waals surface area contributed by atoms with Gasteiger partial charge in [-0.3, -0.25) is 0 Å². The zero-order valence-corrected chi connectivity index (χ0v) is 13.0. The van der Waals surface area contributed by atoms with Crippen LogP contribution in [0, 0.1) is 13.8 Å². The van der Waals surface area contributed by atoms with E-state index in [4.69, 9.17) is 10.7 Å². The molecular formula is C16H22N2S. The van der Waals surface area contributed by atoms with Crippen molar-refractivity contribution in [2.24, 2.45) is 5.73 Å². The van der Waals surface area contributed by atoms with Crippen molar-refractivity contribution in [1.29, 1.82) is 0 Å². The van der Waals surface area contributed by atoms with Gasteiger partial charge in [-0.05, 0) is 44.0 Å². The molecule has 0 aliphatic carbocycles. The third-order valence-corrected chi connectivity index (χ3v) is 4.78. The topological polar surface area (TPSA) is 38.9 Å². The Bertz CT molecular complexity index is 570. The van der Waals surface area contributed by atoms with Gasteiger partial charge in [0.1, 0.15) is 0 Å². The Morgan fingerprint density at radius 2 is 1.95 bits per heavy atom. The van der Waals surface area contributed by atoms with Crippen molar-refractivity contribution >= 4 is 11.3 Å². The van der Waals surface area contributed by atoms with Gasteiger partial charge in [0.25, 0.3) is 0 Å². The first kappa shape index (κ1) is 14.2. The van der Waals surface area contributed by atoms with Gasteiger partial charge in [-0.2, -0.15) is 0 Å². The Morgan fingerprint density at radius 1 is 1.21 bits per heavy atom. The van der Waals surface area contributed by atoms with Crippen LogP contribution in [-0.4, -0.2) is 11.5 Å². The first-order valence-electron chi connectivity index (χ1n) is 6.80. The molecule has 2 aromatic rings. The molecule has 2 N–H and O–H groups in total. The summed E-state index contributed by atoms with van der Waals surface area (Å²) >= 11 is 1.81. The van der Waals surface area contributed by atoms with Crippen LogP contribution in [-0.2, 0) is 6.42 Å². The van der Waals surface area contributed by atoms with E-state index in [9.17, 15) is 0 Å². The summed E-state index contributed by atoms with van der Waals surface area (Å²) in [7, 11) is 0. The Labute approximate surface area is 119 Å². The van der Waals surface area contributed by atoms with Crippen LogP contribution in [0.4, 0.5) is 0 Å². The molecule has 0 saturated carbocycles. The summed E-state index contributed by atoms with van der Waals surface area (Å²) in [5.74, 6) is 0.474. The monoisotopic (exact) mass is 274 g/mol. The highest BCUT2D eigenvalue weighted by Crippen LogP contribution is 2.32. The van der Waals surface area contributed by atoms with E-state index in [-0.39, 0.29) is 0 Å². The number of rotatable bonds is 4. The lowest BCUT2D eigenvalue weighted by Crippen LogP contribution is -2.02. The minimum absolute atomic E-state index is 0.474. The predicted octanol–water partition coefficient (Wildman–Crippen LogP) is 4.05. The van der Waals surface area contributed by atoms with E-state index < -0.39 is 0 Å².